The molecule has 0 spiro atoms. The van der Waals surface area contributed by atoms with Gasteiger partial charge in [-0.15, -0.1) is 0 Å². The van der Waals surface area contributed by atoms with E-state index >= 15 is 0 Å². The molecule has 138 valence electrons. The van der Waals surface area contributed by atoms with Crippen molar-refractivity contribution < 1.29 is 13.7 Å². The second-order valence-electron chi connectivity index (χ2n) is 5.97. The van der Waals surface area contributed by atoms with E-state index in [1.807, 2.05) is 0 Å². The molecule has 1 amide bonds. The second kappa shape index (κ2) is 7.56. The molecular formula is C17H16FN7O2. The number of carbonyl (C=O) groups is 1. The maximum absolute atomic E-state index is 13.5. The monoisotopic (exact) mass is 369 g/mol. The Morgan fingerprint density at radius 2 is 2.11 bits per heavy atom. The van der Waals surface area contributed by atoms with E-state index < -0.39 is 5.92 Å². The first-order valence-electron chi connectivity index (χ1n) is 8.32. The molecule has 1 aromatic carbocycles. The number of hydrogen-bond donors (Lipinski definition) is 3. The lowest BCUT2D eigenvalue weighted by Gasteiger charge is -2.18. The molecule has 0 bridgehead atoms. The summed E-state index contributed by atoms with van der Waals surface area (Å²) in [7, 11) is 0. The Morgan fingerprint density at radius 1 is 1.26 bits per heavy atom. The number of nitrogens with one attached hydrogen (secondary N) is 3. The molecule has 1 fully saturated rings. The number of hydrogen-bond acceptors (Lipinski definition) is 8. The number of benzene rings is 1. The summed E-state index contributed by atoms with van der Waals surface area (Å²) >= 11 is 0. The fourth-order valence-corrected chi connectivity index (χ4v) is 2.88. The van der Waals surface area contributed by atoms with Crippen molar-refractivity contribution >= 4 is 5.91 Å². The van der Waals surface area contributed by atoms with Gasteiger partial charge in [-0.2, -0.15) is 4.98 Å². The van der Waals surface area contributed by atoms with Crippen LogP contribution in [0.5, 0.6) is 0 Å². The Balaban J connectivity index is 1.40. The molecule has 4 rings (SSSR count). The van der Waals surface area contributed by atoms with E-state index in [2.05, 4.69) is 36.3 Å². The molecule has 3 N–H and O–H groups in total. The van der Waals surface area contributed by atoms with Crippen LogP contribution < -0.4 is 16.2 Å². The summed E-state index contributed by atoms with van der Waals surface area (Å²) in [6, 6.07) is 7.52. The first-order valence-corrected chi connectivity index (χ1v) is 8.32. The fourth-order valence-electron chi connectivity index (χ4n) is 2.88. The maximum Gasteiger partial charge on any atom is 0.246 e. The van der Waals surface area contributed by atoms with Crippen molar-refractivity contribution in [2.75, 3.05) is 6.54 Å². The predicted octanol–water partition coefficient (Wildman–Crippen LogP) is 0.747. The number of halogens is 1. The minimum atomic E-state index is -0.411. The number of aromatic nitrogens is 4. The zero-order valence-electron chi connectivity index (χ0n) is 14.1. The second-order valence-corrected chi connectivity index (χ2v) is 5.97. The van der Waals surface area contributed by atoms with Gasteiger partial charge in [0.25, 0.3) is 0 Å². The van der Waals surface area contributed by atoms with Crippen molar-refractivity contribution in [1.29, 1.82) is 0 Å². The molecule has 2 atom stereocenters. The first kappa shape index (κ1) is 17.2. The lowest BCUT2D eigenvalue weighted by molar-refractivity contribution is -0.125. The van der Waals surface area contributed by atoms with Gasteiger partial charge in [0, 0.05) is 18.9 Å². The molecular weight excluding hydrogens is 353 g/mol. The van der Waals surface area contributed by atoms with Crippen LogP contribution >= 0.6 is 0 Å². The third-order valence-corrected chi connectivity index (χ3v) is 4.17. The van der Waals surface area contributed by atoms with Gasteiger partial charge in [0.05, 0.1) is 18.5 Å². The predicted molar refractivity (Wildman–Crippen MR) is 90.9 cm³/mol. The Kier molecular flexibility index (Phi) is 4.81. The van der Waals surface area contributed by atoms with Gasteiger partial charge in [-0.25, -0.2) is 19.8 Å². The Bertz CT molecular complexity index is 934. The zero-order chi connectivity index (χ0) is 18.6. The molecule has 0 saturated carbocycles. The fraction of sp³-hybridized carbons (Fsp3) is 0.235. The number of rotatable bonds is 5. The molecule has 2 aromatic heterocycles. The van der Waals surface area contributed by atoms with Crippen LogP contribution in [0.2, 0.25) is 0 Å². The summed E-state index contributed by atoms with van der Waals surface area (Å²) < 4.78 is 18.6. The molecule has 1 aliphatic rings. The van der Waals surface area contributed by atoms with Crippen molar-refractivity contribution in [3.05, 3.63) is 60.0 Å². The number of hydrazine groups is 1. The van der Waals surface area contributed by atoms with E-state index in [1.54, 1.807) is 30.6 Å². The van der Waals surface area contributed by atoms with Crippen LogP contribution in [0.25, 0.3) is 11.6 Å². The molecule has 2 unspecified atom stereocenters. The van der Waals surface area contributed by atoms with Gasteiger partial charge in [0.2, 0.25) is 23.4 Å². The largest absolute Gasteiger partial charge is 0.347 e. The van der Waals surface area contributed by atoms with Crippen LogP contribution in [-0.4, -0.2) is 32.6 Å². The standard InChI is InChI=1S/C17H16FN7O2/c18-11-4-1-3-10(7-11)14-12(8-22-24-14)17(26)21-9-13-23-16(25-27-13)15-19-5-2-6-20-15/h1-7,12,14,22,24H,8-9H2,(H,21,26). The van der Waals surface area contributed by atoms with Crippen molar-refractivity contribution in [3.8, 4) is 11.6 Å². The van der Waals surface area contributed by atoms with Crippen LogP contribution in [0.1, 0.15) is 17.5 Å². The lowest BCUT2D eigenvalue weighted by Crippen LogP contribution is -2.34. The van der Waals surface area contributed by atoms with Gasteiger partial charge in [-0.05, 0) is 23.8 Å². The highest BCUT2D eigenvalue weighted by Gasteiger charge is 2.34. The van der Waals surface area contributed by atoms with Crippen molar-refractivity contribution in [3.63, 3.8) is 0 Å². The third-order valence-electron chi connectivity index (χ3n) is 4.17. The van der Waals surface area contributed by atoms with Gasteiger partial charge in [0.15, 0.2) is 0 Å². The molecule has 0 radical (unpaired) electrons. The number of carbonyl (C=O) groups excluding carboxylic acids is 1. The summed E-state index contributed by atoms with van der Waals surface area (Å²) in [5.41, 5.74) is 6.65. The number of amides is 1. The van der Waals surface area contributed by atoms with E-state index in [9.17, 15) is 9.18 Å². The quantitative estimate of drug-likeness (QED) is 0.603. The van der Waals surface area contributed by atoms with Crippen molar-refractivity contribution in [2.24, 2.45) is 5.92 Å². The van der Waals surface area contributed by atoms with E-state index in [0.717, 1.165) is 0 Å². The van der Waals surface area contributed by atoms with Crippen LogP contribution in [-0.2, 0) is 11.3 Å². The smallest absolute Gasteiger partial charge is 0.246 e. The summed E-state index contributed by atoms with van der Waals surface area (Å²) in [6.45, 7) is 0.491. The Hall–Kier alpha value is -3.24. The van der Waals surface area contributed by atoms with Gasteiger partial charge in [-0.1, -0.05) is 17.3 Å². The number of nitrogens with zero attached hydrogens (tertiary/aromatic N) is 4. The van der Waals surface area contributed by atoms with E-state index in [1.165, 1.54) is 12.1 Å². The van der Waals surface area contributed by atoms with E-state index in [0.29, 0.717) is 17.9 Å². The zero-order valence-corrected chi connectivity index (χ0v) is 14.1. The van der Waals surface area contributed by atoms with Gasteiger partial charge >= 0.3 is 0 Å². The van der Waals surface area contributed by atoms with Crippen LogP contribution in [0.3, 0.4) is 0 Å². The van der Waals surface area contributed by atoms with Crippen LogP contribution in [0, 0.1) is 11.7 Å². The SMILES string of the molecule is O=C(NCc1nc(-c2ncccn2)no1)C1CNNC1c1cccc(F)c1. The molecule has 1 aliphatic heterocycles. The van der Waals surface area contributed by atoms with Gasteiger partial charge < -0.3 is 9.84 Å². The van der Waals surface area contributed by atoms with E-state index in [4.69, 9.17) is 4.52 Å². The maximum atomic E-state index is 13.5. The highest BCUT2D eigenvalue weighted by Crippen LogP contribution is 2.25. The molecule has 9 nitrogen and oxygen atoms in total. The molecule has 1 saturated heterocycles. The highest BCUT2D eigenvalue weighted by atomic mass is 19.1. The van der Waals surface area contributed by atoms with Gasteiger partial charge in [0.1, 0.15) is 5.82 Å². The Labute approximate surface area is 153 Å². The molecule has 0 aliphatic carbocycles. The average molecular weight is 369 g/mol. The third kappa shape index (κ3) is 3.81. The van der Waals surface area contributed by atoms with Crippen LogP contribution in [0.4, 0.5) is 4.39 Å². The highest BCUT2D eigenvalue weighted by molar-refractivity contribution is 5.80. The van der Waals surface area contributed by atoms with E-state index in [-0.39, 0.29) is 36.0 Å². The minimum Gasteiger partial charge on any atom is -0.347 e. The molecule has 10 heteroatoms. The first-order chi connectivity index (χ1) is 13.2. The molecule has 3 aromatic rings. The summed E-state index contributed by atoms with van der Waals surface area (Å²) in [6.07, 6.45) is 3.15. The topological polar surface area (TPSA) is 118 Å². The van der Waals surface area contributed by atoms with Crippen molar-refractivity contribution in [1.82, 2.24) is 36.3 Å². The van der Waals surface area contributed by atoms with Gasteiger partial charge in [-0.3, -0.25) is 10.2 Å². The minimum absolute atomic E-state index is 0.0744. The summed E-state index contributed by atoms with van der Waals surface area (Å²) in [4.78, 5) is 24.8. The normalized spacial score (nSPS) is 19.1. The summed E-state index contributed by atoms with van der Waals surface area (Å²) in [5, 5.41) is 6.58. The Morgan fingerprint density at radius 3 is 2.93 bits per heavy atom. The van der Waals surface area contributed by atoms with Crippen LogP contribution in [0.15, 0.2) is 47.2 Å². The molecule has 27 heavy (non-hydrogen) atoms. The van der Waals surface area contributed by atoms with Crippen molar-refractivity contribution in [2.45, 2.75) is 12.6 Å². The average Bonchev–Trinajstić information content (AvgIpc) is 3.36. The lowest BCUT2D eigenvalue weighted by atomic mass is 9.94. The summed E-state index contributed by atoms with van der Waals surface area (Å²) in [5.74, 6) is -0.131. The molecule has 3 heterocycles.